The number of nitrogens with one attached hydrogen (secondary N) is 1. The van der Waals surface area contributed by atoms with Crippen LogP contribution in [-0.4, -0.2) is 19.1 Å². The third-order valence-corrected chi connectivity index (χ3v) is 2.32. The van der Waals surface area contributed by atoms with E-state index in [1.54, 1.807) is 0 Å². The average molecular weight is 236 g/mol. The summed E-state index contributed by atoms with van der Waals surface area (Å²) in [6.07, 6.45) is 2.19. The van der Waals surface area contributed by atoms with Crippen molar-refractivity contribution in [2.24, 2.45) is 5.73 Å². The Labute approximate surface area is 102 Å². The molecule has 3 N–H and O–H groups in total. The number of carbonyl (C=O) groups excluding carboxylic acids is 1. The van der Waals surface area contributed by atoms with Gasteiger partial charge >= 0.3 is 0 Å². The average Bonchev–Trinajstić information content (AvgIpc) is 2.32. The number of hydrogen-bond acceptors (Lipinski definition) is 3. The van der Waals surface area contributed by atoms with Crippen LogP contribution in [0.15, 0.2) is 24.3 Å². The minimum atomic E-state index is 0.00519. The van der Waals surface area contributed by atoms with E-state index in [2.05, 4.69) is 5.32 Å². The van der Waals surface area contributed by atoms with Crippen molar-refractivity contribution in [2.75, 3.05) is 18.5 Å². The van der Waals surface area contributed by atoms with Gasteiger partial charge in [0, 0.05) is 6.42 Å². The fourth-order valence-corrected chi connectivity index (χ4v) is 1.49. The molecule has 4 heteroatoms. The molecule has 0 radical (unpaired) electrons. The van der Waals surface area contributed by atoms with Gasteiger partial charge in [0.25, 0.3) is 0 Å². The molecule has 94 valence electrons. The first kappa shape index (κ1) is 13.5. The normalized spacial score (nSPS) is 10.0. The maximum absolute atomic E-state index is 11.6. The van der Waals surface area contributed by atoms with E-state index in [1.165, 1.54) is 0 Å². The van der Waals surface area contributed by atoms with Gasteiger partial charge in [0.1, 0.15) is 5.75 Å². The van der Waals surface area contributed by atoms with Gasteiger partial charge in [0.05, 0.1) is 12.3 Å². The van der Waals surface area contributed by atoms with Crippen LogP contribution < -0.4 is 15.8 Å². The number of amides is 1. The van der Waals surface area contributed by atoms with Gasteiger partial charge in [-0.3, -0.25) is 4.79 Å². The number of carbonyl (C=O) groups is 1. The molecule has 0 aliphatic heterocycles. The molecule has 1 rings (SSSR count). The van der Waals surface area contributed by atoms with Crippen molar-refractivity contribution in [3.63, 3.8) is 0 Å². The van der Waals surface area contributed by atoms with Crippen LogP contribution in [0.4, 0.5) is 5.69 Å². The molecule has 1 aromatic rings. The first-order valence-corrected chi connectivity index (χ1v) is 5.99. The summed E-state index contributed by atoms with van der Waals surface area (Å²) in [6, 6.07) is 7.44. The highest BCUT2D eigenvalue weighted by Gasteiger charge is 2.06. The largest absolute Gasteiger partial charge is 0.492 e. The fourth-order valence-electron chi connectivity index (χ4n) is 1.49. The molecule has 0 saturated heterocycles. The van der Waals surface area contributed by atoms with Gasteiger partial charge in [-0.1, -0.05) is 12.1 Å². The summed E-state index contributed by atoms with van der Waals surface area (Å²) in [6.45, 7) is 3.13. The third kappa shape index (κ3) is 4.87. The van der Waals surface area contributed by atoms with Crippen LogP contribution in [0, 0.1) is 0 Å². The van der Waals surface area contributed by atoms with E-state index >= 15 is 0 Å². The summed E-state index contributed by atoms with van der Waals surface area (Å²) in [7, 11) is 0. The number of benzene rings is 1. The molecule has 0 saturated carbocycles. The predicted molar refractivity (Wildman–Crippen MR) is 69.1 cm³/mol. The predicted octanol–water partition coefficient (Wildman–Crippen LogP) is 2.15. The van der Waals surface area contributed by atoms with Gasteiger partial charge in [-0.15, -0.1) is 0 Å². The molecule has 0 bridgehead atoms. The van der Waals surface area contributed by atoms with Gasteiger partial charge in [-0.05, 0) is 38.4 Å². The number of ether oxygens (including phenoxy) is 1. The molecule has 1 amide bonds. The van der Waals surface area contributed by atoms with Gasteiger partial charge in [-0.25, -0.2) is 0 Å². The molecule has 0 spiro atoms. The number of hydrogen-bond donors (Lipinski definition) is 2. The Morgan fingerprint density at radius 1 is 1.35 bits per heavy atom. The first-order valence-electron chi connectivity index (χ1n) is 5.99. The molecule has 0 aliphatic carbocycles. The summed E-state index contributed by atoms with van der Waals surface area (Å²) in [4.78, 5) is 11.6. The van der Waals surface area contributed by atoms with Crippen LogP contribution in [0.3, 0.4) is 0 Å². The number of unbranched alkanes of at least 4 members (excludes halogenated alkanes) is 1. The maximum atomic E-state index is 11.6. The highest BCUT2D eigenvalue weighted by Crippen LogP contribution is 2.23. The van der Waals surface area contributed by atoms with Gasteiger partial charge in [-0.2, -0.15) is 0 Å². The number of nitrogens with two attached hydrogens (primary N) is 1. The minimum Gasteiger partial charge on any atom is -0.492 e. The van der Waals surface area contributed by atoms with Crippen LogP contribution in [0.2, 0.25) is 0 Å². The van der Waals surface area contributed by atoms with Crippen molar-refractivity contribution in [2.45, 2.75) is 26.2 Å². The van der Waals surface area contributed by atoms with Crippen molar-refractivity contribution in [1.82, 2.24) is 0 Å². The Morgan fingerprint density at radius 2 is 2.12 bits per heavy atom. The Balaban J connectivity index is 2.52. The Morgan fingerprint density at radius 3 is 2.82 bits per heavy atom. The molecule has 0 aliphatic rings. The van der Waals surface area contributed by atoms with Crippen molar-refractivity contribution < 1.29 is 9.53 Å². The lowest BCUT2D eigenvalue weighted by Gasteiger charge is -2.10. The van der Waals surface area contributed by atoms with Crippen molar-refractivity contribution in [3.8, 4) is 5.75 Å². The Kier molecular flexibility index (Phi) is 6.10. The fraction of sp³-hybridized carbons (Fsp3) is 0.462. The third-order valence-electron chi connectivity index (χ3n) is 2.32. The van der Waals surface area contributed by atoms with E-state index in [0.29, 0.717) is 25.3 Å². The summed E-state index contributed by atoms with van der Waals surface area (Å²) in [5.74, 6) is 0.716. The summed E-state index contributed by atoms with van der Waals surface area (Å²) in [5, 5.41) is 2.85. The zero-order chi connectivity index (χ0) is 12.5. The van der Waals surface area contributed by atoms with Crippen LogP contribution in [-0.2, 0) is 4.79 Å². The Hall–Kier alpha value is -1.55. The molecule has 0 unspecified atom stereocenters. The standard InChI is InChI=1S/C13H20N2O2/c1-2-17-12-8-4-3-7-11(12)15-13(16)9-5-6-10-14/h3-4,7-8H,2,5-6,9-10,14H2,1H3,(H,15,16). The lowest BCUT2D eigenvalue weighted by atomic mass is 10.2. The SMILES string of the molecule is CCOc1ccccc1NC(=O)CCCCN. The monoisotopic (exact) mass is 236 g/mol. The number of anilines is 1. The van der Waals surface area contributed by atoms with Crippen LogP contribution in [0.5, 0.6) is 5.75 Å². The second-order valence-electron chi connectivity index (χ2n) is 3.72. The molecule has 0 fully saturated rings. The zero-order valence-electron chi connectivity index (χ0n) is 10.2. The highest BCUT2D eigenvalue weighted by atomic mass is 16.5. The van der Waals surface area contributed by atoms with E-state index in [0.717, 1.165) is 18.5 Å². The van der Waals surface area contributed by atoms with Crippen LogP contribution >= 0.6 is 0 Å². The number of para-hydroxylation sites is 2. The molecular formula is C13H20N2O2. The molecule has 0 heterocycles. The Bertz CT molecular complexity index is 353. The minimum absolute atomic E-state index is 0.00519. The zero-order valence-corrected chi connectivity index (χ0v) is 10.2. The highest BCUT2D eigenvalue weighted by molar-refractivity contribution is 5.92. The first-order chi connectivity index (χ1) is 8.27. The second kappa shape index (κ2) is 7.68. The van der Waals surface area contributed by atoms with Crippen LogP contribution in [0.25, 0.3) is 0 Å². The van der Waals surface area contributed by atoms with Gasteiger partial charge in [0.15, 0.2) is 0 Å². The maximum Gasteiger partial charge on any atom is 0.224 e. The topological polar surface area (TPSA) is 64.3 Å². The molecule has 0 aromatic heterocycles. The molecule has 4 nitrogen and oxygen atoms in total. The van der Waals surface area contributed by atoms with Crippen molar-refractivity contribution >= 4 is 11.6 Å². The van der Waals surface area contributed by atoms with Gasteiger partial charge < -0.3 is 15.8 Å². The molecule has 0 atom stereocenters. The van der Waals surface area contributed by atoms with E-state index in [-0.39, 0.29) is 5.91 Å². The second-order valence-corrected chi connectivity index (χ2v) is 3.72. The van der Waals surface area contributed by atoms with E-state index in [1.807, 2.05) is 31.2 Å². The lowest BCUT2D eigenvalue weighted by molar-refractivity contribution is -0.116. The van der Waals surface area contributed by atoms with E-state index in [9.17, 15) is 4.79 Å². The molecule has 17 heavy (non-hydrogen) atoms. The summed E-state index contributed by atoms with van der Waals surface area (Å²) >= 11 is 0. The van der Waals surface area contributed by atoms with Crippen molar-refractivity contribution in [3.05, 3.63) is 24.3 Å². The van der Waals surface area contributed by atoms with Gasteiger partial charge in [0.2, 0.25) is 5.91 Å². The van der Waals surface area contributed by atoms with Crippen LogP contribution in [0.1, 0.15) is 26.2 Å². The summed E-state index contributed by atoms with van der Waals surface area (Å²) < 4.78 is 5.43. The van der Waals surface area contributed by atoms with E-state index in [4.69, 9.17) is 10.5 Å². The molecule has 1 aromatic carbocycles. The smallest absolute Gasteiger partial charge is 0.224 e. The quantitative estimate of drug-likeness (QED) is 0.713. The number of rotatable bonds is 7. The summed E-state index contributed by atoms with van der Waals surface area (Å²) in [5.41, 5.74) is 6.11. The van der Waals surface area contributed by atoms with E-state index < -0.39 is 0 Å². The van der Waals surface area contributed by atoms with Crippen molar-refractivity contribution in [1.29, 1.82) is 0 Å². The molecular weight excluding hydrogens is 216 g/mol. The lowest BCUT2D eigenvalue weighted by Crippen LogP contribution is -2.13.